The molecule has 33 heavy (non-hydrogen) atoms. The molecule has 8 nitrogen and oxygen atoms in total. The number of rotatable bonds is 9. The molecular weight excluding hydrogens is 503 g/mol. The van der Waals surface area contributed by atoms with E-state index in [4.69, 9.17) is 5.14 Å². The fourth-order valence-electron chi connectivity index (χ4n) is 2.62. The van der Waals surface area contributed by atoms with E-state index in [1.54, 1.807) is 30.3 Å². The van der Waals surface area contributed by atoms with E-state index in [9.17, 15) is 34.8 Å². The Hall–Kier alpha value is -2.29. The van der Waals surface area contributed by atoms with Gasteiger partial charge in [0.2, 0.25) is 15.9 Å². The smallest absolute Gasteiger partial charge is 0.380 e. The zero-order chi connectivity index (χ0) is 25.0. The van der Waals surface area contributed by atoms with Crippen LogP contribution in [0, 0.1) is 0 Å². The molecule has 0 heterocycles. The maximum absolute atomic E-state index is 13.3. The third-order valence-corrected chi connectivity index (χ3v) is 7.96. The molecule has 1 unspecified atom stereocenters. The molecule has 0 radical (unpaired) electrons. The number of nitrogens with zero attached hydrogens (tertiary/aromatic N) is 1. The minimum absolute atomic E-state index is 0.157. The lowest BCUT2D eigenvalue weighted by Gasteiger charge is -2.23. The highest BCUT2D eigenvalue weighted by Gasteiger charge is 2.48. The number of sulfone groups is 1. The van der Waals surface area contributed by atoms with E-state index >= 15 is 0 Å². The molecule has 0 aliphatic heterocycles. The maximum Gasteiger partial charge on any atom is 0.501 e. The normalized spacial score (nSPS) is 13.4. The van der Waals surface area contributed by atoms with Crippen molar-refractivity contribution in [2.75, 3.05) is 25.2 Å². The summed E-state index contributed by atoms with van der Waals surface area (Å²) < 4.78 is 87.4. The van der Waals surface area contributed by atoms with E-state index in [-0.39, 0.29) is 18.1 Å². The minimum Gasteiger partial charge on any atom is -0.380 e. The van der Waals surface area contributed by atoms with E-state index < -0.39 is 46.9 Å². The number of hydrogen-bond acceptors (Lipinski definition) is 7. The van der Waals surface area contributed by atoms with Crippen LogP contribution in [-0.4, -0.2) is 59.0 Å². The third-order valence-electron chi connectivity index (χ3n) is 4.35. The van der Waals surface area contributed by atoms with E-state index in [1.165, 1.54) is 30.8 Å². The number of nitrogens with one attached hydrogen (secondary N) is 1. The van der Waals surface area contributed by atoms with Crippen LogP contribution in [0.3, 0.4) is 0 Å². The van der Waals surface area contributed by atoms with E-state index in [2.05, 4.69) is 5.32 Å². The summed E-state index contributed by atoms with van der Waals surface area (Å²) in [7, 11) is -7.40. The van der Waals surface area contributed by atoms with Crippen LogP contribution in [0.5, 0.6) is 0 Å². The molecule has 0 fully saturated rings. The van der Waals surface area contributed by atoms with Crippen LogP contribution in [0.15, 0.2) is 63.2 Å². The summed E-state index contributed by atoms with van der Waals surface area (Å²) in [5, 5.41) is 7.64. The van der Waals surface area contributed by atoms with Crippen molar-refractivity contribution >= 4 is 43.2 Å². The number of halogens is 3. The highest BCUT2D eigenvalue weighted by atomic mass is 32.2. The summed E-state index contributed by atoms with van der Waals surface area (Å²) in [6, 6.07) is 10.3. The van der Waals surface area contributed by atoms with Gasteiger partial charge in [0, 0.05) is 37.2 Å². The summed E-state index contributed by atoms with van der Waals surface area (Å²) in [6.07, 6.45) is -0.157. The largest absolute Gasteiger partial charge is 0.501 e. The van der Waals surface area contributed by atoms with E-state index in [1.807, 2.05) is 0 Å². The number of alkyl halides is 3. The Kier molecular flexibility index (Phi) is 8.43. The number of primary sulfonamides is 1. The predicted molar refractivity (Wildman–Crippen MR) is 119 cm³/mol. The Morgan fingerprint density at radius 1 is 1.09 bits per heavy atom. The lowest BCUT2D eigenvalue weighted by molar-refractivity contribution is -0.128. The van der Waals surface area contributed by atoms with Gasteiger partial charge in [0.15, 0.2) is 0 Å². The first-order valence-corrected chi connectivity index (χ1v) is 13.3. The van der Waals surface area contributed by atoms with Crippen molar-refractivity contribution in [2.24, 2.45) is 5.14 Å². The number of sulfonamides is 1. The van der Waals surface area contributed by atoms with Crippen LogP contribution in [-0.2, 0) is 24.7 Å². The van der Waals surface area contributed by atoms with Crippen LogP contribution in [0.1, 0.15) is 6.42 Å². The van der Waals surface area contributed by atoms with Gasteiger partial charge in [0.1, 0.15) is 4.90 Å². The number of nitrogens with two attached hydrogens (primary N) is 1. The zero-order valence-corrected chi connectivity index (χ0v) is 20.0. The zero-order valence-electron chi connectivity index (χ0n) is 17.5. The lowest BCUT2D eigenvalue weighted by atomic mass is 10.2. The van der Waals surface area contributed by atoms with Gasteiger partial charge in [0.05, 0.1) is 10.6 Å². The number of carbonyl (C=O) groups is 1. The lowest BCUT2D eigenvalue weighted by Crippen LogP contribution is -2.33. The van der Waals surface area contributed by atoms with Crippen molar-refractivity contribution < 1.29 is 34.8 Å². The van der Waals surface area contributed by atoms with Crippen molar-refractivity contribution in [1.29, 1.82) is 0 Å². The molecule has 0 bridgehead atoms. The van der Waals surface area contributed by atoms with E-state index in [0.717, 1.165) is 17.0 Å². The summed E-state index contributed by atoms with van der Waals surface area (Å²) >= 11 is 1.31. The molecule has 0 spiro atoms. The molecule has 0 saturated carbocycles. The monoisotopic (exact) mass is 525 g/mol. The number of anilines is 1. The number of hydrogen-bond donors (Lipinski definition) is 2. The number of carbonyl (C=O) groups excluding carboxylic acids is 1. The molecule has 0 aromatic heterocycles. The van der Waals surface area contributed by atoms with Gasteiger partial charge in [-0.25, -0.2) is 22.0 Å². The van der Waals surface area contributed by atoms with Crippen LogP contribution >= 0.6 is 11.8 Å². The summed E-state index contributed by atoms with van der Waals surface area (Å²) in [5.74, 6) is -0.144. The molecule has 1 atom stereocenters. The maximum atomic E-state index is 13.3. The molecule has 1 amide bonds. The van der Waals surface area contributed by atoms with Crippen molar-refractivity contribution in [3.63, 3.8) is 0 Å². The van der Waals surface area contributed by atoms with Gasteiger partial charge < -0.3 is 10.2 Å². The average Bonchev–Trinajstić information content (AvgIpc) is 2.71. The van der Waals surface area contributed by atoms with Crippen molar-refractivity contribution in [1.82, 2.24) is 4.90 Å². The molecule has 182 valence electrons. The first-order chi connectivity index (χ1) is 15.1. The van der Waals surface area contributed by atoms with E-state index in [0.29, 0.717) is 6.07 Å². The molecule has 0 aliphatic rings. The Morgan fingerprint density at radius 3 is 2.21 bits per heavy atom. The van der Waals surface area contributed by atoms with Crippen LogP contribution in [0.4, 0.5) is 18.9 Å². The molecule has 3 N–H and O–H groups in total. The van der Waals surface area contributed by atoms with Gasteiger partial charge in [-0.15, -0.1) is 11.8 Å². The highest BCUT2D eigenvalue weighted by molar-refractivity contribution is 7.99. The molecule has 0 saturated heterocycles. The average molecular weight is 526 g/mol. The van der Waals surface area contributed by atoms with Crippen molar-refractivity contribution in [3.8, 4) is 0 Å². The molecule has 2 rings (SSSR count). The fourth-order valence-corrected chi connectivity index (χ4v) is 5.13. The second kappa shape index (κ2) is 10.3. The topological polar surface area (TPSA) is 127 Å². The first-order valence-electron chi connectivity index (χ1n) is 9.25. The second-order valence-corrected chi connectivity index (χ2v) is 11.7. The Balaban J connectivity index is 2.49. The number of benzene rings is 2. The molecule has 2 aromatic rings. The minimum atomic E-state index is -5.93. The SMILES string of the molecule is CN(C)C(=O)CC(CSc1ccccc1)Nc1ccc(S(N)(=O)=O)cc1S(=O)(=O)C(F)(F)F. The van der Waals surface area contributed by atoms with Crippen LogP contribution < -0.4 is 10.5 Å². The van der Waals surface area contributed by atoms with Gasteiger partial charge >= 0.3 is 5.51 Å². The molecular formula is C19H22F3N3O5S3. The molecule has 14 heteroatoms. The van der Waals surface area contributed by atoms with Gasteiger partial charge in [-0.3, -0.25) is 4.79 Å². The van der Waals surface area contributed by atoms with Gasteiger partial charge in [0.25, 0.3) is 9.84 Å². The van der Waals surface area contributed by atoms with Crippen molar-refractivity contribution in [2.45, 2.75) is 32.7 Å². The summed E-state index contributed by atoms with van der Waals surface area (Å²) in [5.41, 5.74) is -6.18. The summed E-state index contributed by atoms with van der Waals surface area (Å²) in [6.45, 7) is 0. The summed E-state index contributed by atoms with van der Waals surface area (Å²) in [4.78, 5) is 12.3. The molecule has 2 aromatic carbocycles. The fraction of sp³-hybridized carbons (Fsp3) is 0.316. The standard InChI is InChI=1S/C19H22F3N3O5S3/c1-25(2)18(26)10-13(12-31-14-6-4-3-5-7-14)24-16-9-8-15(33(23,29)30)11-17(16)32(27,28)19(20,21)22/h3-9,11,13,24H,10,12H2,1-2H3,(H2,23,29,30). The second-order valence-electron chi connectivity index (χ2n) is 7.11. The van der Waals surface area contributed by atoms with Crippen LogP contribution in [0.2, 0.25) is 0 Å². The Labute approximate surface area is 194 Å². The van der Waals surface area contributed by atoms with Gasteiger partial charge in [-0.2, -0.15) is 13.2 Å². The van der Waals surface area contributed by atoms with Crippen LogP contribution in [0.25, 0.3) is 0 Å². The molecule has 0 aliphatic carbocycles. The van der Waals surface area contributed by atoms with Gasteiger partial charge in [-0.1, -0.05) is 18.2 Å². The Bertz CT molecular complexity index is 1200. The Morgan fingerprint density at radius 2 is 1.70 bits per heavy atom. The number of amides is 1. The highest BCUT2D eigenvalue weighted by Crippen LogP contribution is 2.36. The first kappa shape index (κ1) is 27.0. The van der Waals surface area contributed by atoms with Gasteiger partial charge in [-0.05, 0) is 30.3 Å². The quantitative estimate of drug-likeness (QED) is 0.482. The number of thioether (sulfide) groups is 1. The third kappa shape index (κ3) is 7.09. The van der Waals surface area contributed by atoms with Crippen molar-refractivity contribution in [3.05, 3.63) is 48.5 Å². The predicted octanol–water partition coefficient (Wildman–Crippen LogP) is 2.68.